The lowest BCUT2D eigenvalue weighted by molar-refractivity contribution is 0.811. The zero-order valence-electron chi connectivity index (χ0n) is 10.8. The van der Waals surface area contributed by atoms with E-state index in [0.29, 0.717) is 11.3 Å². The lowest BCUT2D eigenvalue weighted by Gasteiger charge is -2.07. The minimum Gasteiger partial charge on any atom is -0.267 e. The summed E-state index contributed by atoms with van der Waals surface area (Å²) in [6.45, 7) is 11.3. The fourth-order valence-corrected chi connectivity index (χ4v) is 1.33. The molecule has 1 aromatic rings. The van der Waals surface area contributed by atoms with Crippen LogP contribution >= 0.6 is 0 Å². The first kappa shape index (κ1) is 13.2. The maximum Gasteiger partial charge on any atom is 0.274 e. The molecule has 0 bridgehead atoms. The van der Waals surface area contributed by atoms with Gasteiger partial charge in [0, 0.05) is 5.56 Å². The van der Waals surface area contributed by atoms with Gasteiger partial charge in [0.2, 0.25) is 0 Å². The Bertz CT molecular complexity index is 548. The summed E-state index contributed by atoms with van der Waals surface area (Å²) in [5, 5.41) is 4.13. The van der Waals surface area contributed by atoms with Crippen molar-refractivity contribution in [3.8, 4) is 0 Å². The van der Waals surface area contributed by atoms with Gasteiger partial charge >= 0.3 is 0 Å². The molecule has 1 rings (SSSR count). The number of aryl methyl sites for hydroxylation is 1. The van der Waals surface area contributed by atoms with Gasteiger partial charge in [-0.1, -0.05) is 18.2 Å². The van der Waals surface area contributed by atoms with Gasteiger partial charge in [0.15, 0.2) is 0 Å². The van der Waals surface area contributed by atoms with Gasteiger partial charge in [-0.3, -0.25) is 4.79 Å². The lowest BCUT2D eigenvalue weighted by atomic mass is 10.2. The van der Waals surface area contributed by atoms with Crippen molar-refractivity contribution in [2.45, 2.75) is 27.7 Å². The molecule has 0 radical (unpaired) electrons. The van der Waals surface area contributed by atoms with Gasteiger partial charge < -0.3 is 0 Å². The molecule has 0 spiro atoms. The van der Waals surface area contributed by atoms with Crippen LogP contribution in [0.3, 0.4) is 0 Å². The first-order chi connectivity index (χ1) is 8.01. The second kappa shape index (κ2) is 5.43. The number of hydrogen-bond donors (Lipinski definition) is 0. The monoisotopic (exact) mass is 230 g/mol. The summed E-state index contributed by atoms with van der Waals surface area (Å²) < 4.78 is 1.38. The van der Waals surface area contributed by atoms with Crippen LogP contribution in [0.15, 0.2) is 41.4 Å². The summed E-state index contributed by atoms with van der Waals surface area (Å²) in [5.74, 6) is 0. The summed E-state index contributed by atoms with van der Waals surface area (Å²) in [6, 6.07) is 0. The second-order valence-corrected chi connectivity index (χ2v) is 3.98. The summed E-state index contributed by atoms with van der Waals surface area (Å²) in [5.41, 5.74) is 3.27. The van der Waals surface area contributed by atoms with Crippen molar-refractivity contribution in [2.75, 3.05) is 0 Å². The van der Waals surface area contributed by atoms with E-state index >= 15 is 0 Å². The van der Waals surface area contributed by atoms with Crippen molar-refractivity contribution < 1.29 is 0 Å². The minimum absolute atomic E-state index is 0.0972. The highest BCUT2D eigenvalue weighted by atomic mass is 16.1. The third kappa shape index (κ3) is 2.81. The molecule has 0 atom stereocenters. The second-order valence-electron chi connectivity index (χ2n) is 3.98. The van der Waals surface area contributed by atoms with Crippen LogP contribution in [0.25, 0.3) is 5.70 Å². The first-order valence-electron chi connectivity index (χ1n) is 5.54. The Labute approximate surface area is 102 Å². The minimum atomic E-state index is -0.0972. The van der Waals surface area contributed by atoms with Crippen LogP contribution in [-0.4, -0.2) is 9.78 Å². The number of allylic oxidation sites excluding steroid dienone is 5. The number of rotatable bonds is 3. The average Bonchev–Trinajstić information content (AvgIpc) is 2.33. The van der Waals surface area contributed by atoms with E-state index in [9.17, 15) is 4.79 Å². The van der Waals surface area contributed by atoms with Crippen molar-refractivity contribution in [1.82, 2.24) is 9.78 Å². The standard InChI is InChI=1S/C14H18N2O/c1-6-10(3)8-13(7-2)16-14(17)12(5)11(4)9-15-16/h6-9H,2H2,1,3-5H3/b10-6-,13-8+. The van der Waals surface area contributed by atoms with Gasteiger partial charge in [-0.15, -0.1) is 0 Å². The molecule has 0 aliphatic carbocycles. The summed E-state index contributed by atoms with van der Waals surface area (Å²) in [4.78, 5) is 12.1. The van der Waals surface area contributed by atoms with E-state index in [1.807, 2.05) is 32.9 Å². The molecule has 3 nitrogen and oxygen atoms in total. The molecule has 0 aromatic carbocycles. The molecular formula is C14H18N2O. The Hall–Kier alpha value is -1.90. The Morgan fingerprint density at radius 2 is 2.12 bits per heavy atom. The van der Waals surface area contributed by atoms with E-state index in [1.165, 1.54) is 4.68 Å². The summed E-state index contributed by atoms with van der Waals surface area (Å²) in [7, 11) is 0. The van der Waals surface area contributed by atoms with Crippen LogP contribution in [0.1, 0.15) is 25.0 Å². The highest BCUT2D eigenvalue weighted by molar-refractivity contribution is 5.59. The molecule has 17 heavy (non-hydrogen) atoms. The van der Waals surface area contributed by atoms with Crippen molar-refractivity contribution in [3.63, 3.8) is 0 Å². The van der Waals surface area contributed by atoms with Gasteiger partial charge in [0.25, 0.3) is 5.56 Å². The van der Waals surface area contributed by atoms with E-state index in [1.54, 1.807) is 19.2 Å². The van der Waals surface area contributed by atoms with Crippen LogP contribution in [0.5, 0.6) is 0 Å². The van der Waals surface area contributed by atoms with Gasteiger partial charge in [-0.05, 0) is 45.4 Å². The molecule has 0 unspecified atom stereocenters. The van der Waals surface area contributed by atoms with Crippen LogP contribution in [-0.2, 0) is 0 Å². The van der Waals surface area contributed by atoms with E-state index in [4.69, 9.17) is 0 Å². The summed E-state index contributed by atoms with van der Waals surface area (Å²) in [6.07, 6.45) is 7.18. The molecule has 0 N–H and O–H groups in total. The largest absolute Gasteiger partial charge is 0.274 e. The Kier molecular flexibility index (Phi) is 4.21. The van der Waals surface area contributed by atoms with E-state index in [2.05, 4.69) is 11.7 Å². The van der Waals surface area contributed by atoms with Crippen molar-refractivity contribution in [1.29, 1.82) is 0 Å². The Morgan fingerprint density at radius 3 is 2.65 bits per heavy atom. The normalized spacial score (nSPS) is 12.7. The summed E-state index contributed by atoms with van der Waals surface area (Å²) >= 11 is 0. The van der Waals surface area contributed by atoms with E-state index in [0.717, 1.165) is 11.1 Å². The van der Waals surface area contributed by atoms with Gasteiger partial charge in [-0.2, -0.15) is 9.78 Å². The van der Waals surface area contributed by atoms with Crippen LogP contribution in [0, 0.1) is 13.8 Å². The van der Waals surface area contributed by atoms with Crippen molar-refractivity contribution in [2.24, 2.45) is 0 Å². The van der Waals surface area contributed by atoms with E-state index < -0.39 is 0 Å². The fraction of sp³-hybridized carbons (Fsp3) is 0.286. The van der Waals surface area contributed by atoms with Crippen molar-refractivity contribution >= 4 is 5.70 Å². The topological polar surface area (TPSA) is 34.9 Å². The fourth-order valence-electron chi connectivity index (χ4n) is 1.33. The quantitative estimate of drug-likeness (QED) is 0.748. The Balaban J connectivity index is 3.43. The molecule has 0 aliphatic heterocycles. The van der Waals surface area contributed by atoms with Crippen LogP contribution in [0.4, 0.5) is 0 Å². The Morgan fingerprint density at radius 1 is 1.47 bits per heavy atom. The number of aromatic nitrogens is 2. The highest BCUT2D eigenvalue weighted by Gasteiger charge is 2.06. The third-order valence-electron chi connectivity index (χ3n) is 2.76. The molecule has 1 aromatic heterocycles. The molecule has 0 saturated heterocycles. The predicted octanol–water partition coefficient (Wildman–Crippen LogP) is 2.85. The van der Waals surface area contributed by atoms with Crippen molar-refractivity contribution in [3.05, 3.63) is 58.1 Å². The smallest absolute Gasteiger partial charge is 0.267 e. The predicted molar refractivity (Wildman–Crippen MR) is 71.9 cm³/mol. The molecule has 0 saturated carbocycles. The molecule has 0 fully saturated rings. The van der Waals surface area contributed by atoms with Crippen LogP contribution < -0.4 is 5.56 Å². The van der Waals surface area contributed by atoms with Gasteiger partial charge in [-0.25, -0.2) is 0 Å². The first-order valence-corrected chi connectivity index (χ1v) is 5.54. The average molecular weight is 230 g/mol. The van der Waals surface area contributed by atoms with Crippen LogP contribution in [0.2, 0.25) is 0 Å². The molecular weight excluding hydrogens is 212 g/mol. The highest BCUT2D eigenvalue weighted by Crippen LogP contribution is 2.07. The maximum atomic E-state index is 12.1. The zero-order chi connectivity index (χ0) is 13.0. The number of nitrogens with zero attached hydrogens (tertiary/aromatic N) is 2. The zero-order valence-corrected chi connectivity index (χ0v) is 10.8. The molecule has 0 aliphatic rings. The van der Waals surface area contributed by atoms with Gasteiger partial charge in [0.05, 0.1) is 11.9 Å². The number of hydrogen-bond acceptors (Lipinski definition) is 2. The molecule has 3 heteroatoms. The third-order valence-corrected chi connectivity index (χ3v) is 2.76. The maximum absolute atomic E-state index is 12.1. The SMILES string of the molecule is C=C/C(=C\C(C)=C/C)n1ncc(C)c(C)c1=O. The van der Waals surface area contributed by atoms with Gasteiger partial charge in [0.1, 0.15) is 0 Å². The molecule has 0 amide bonds. The van der Waals surface area contributed by atoms with E-state index in [-0.39, 0.29) is 5.56 Å². The molecule has 90 valence electrons. The molecule has 1 heterocycles. The lowest BCUT2D eigenvalue weighted by Crippen LogP contribution is -2.24.